The summed E-state index contributed by atoms with van der Waals surface area (Å²) < 4.78 is 6.77. The Kier molecular flexibility index (Phi) is 5.13. The van der Waals surface area contributed by atoms with Crippen molar-refractivity contribution in [2.24, 2.45) is 0 Å². The second kappa shape index (κ2) is 7.66. The molecule has 0 aliphatic rings. The number of carbonyl (C=O) groups excluding carboxylic acids is 1. The third kappa shape index (κ3) is 3.64. The predicted molar refractivity (Wildman–Crippen MR) is 94.6 cm³/mol. The van der Waals surface area contributed by atoms with Crippen molar-refractivity contribution < 1.29 is 9.32 Å². The number of carbonyl (C=O) groups is 1. The first-order valence-corrected chi connectivity index (χ1v) is 8.39. The lowest BCUT2D eigenvalue weighted by Crippen LogP contribution is -2.27. The molecular formula is C19H19N5O2. The van der Waals surface area contributed by atoms with E-state index in [0.29, 0.717) is 5.56 Å². The van der Waals surface area contributed by atoms with E-state index in [2.05, 4.69) is 21.6 Å². The summed E-state index contributed by atoms with van der Waals surface area (Å²) in [6, 6.07) is 12.4. The Labute approximate surface area is 151 Å². The molecule has 3 aromatic rings. The van der Waals surface area contributed by atoms with E-state index in [4.69, 9.17) is 4.52 Å². The zero-order valence-corrected chi connectivity index (χ0v) is 14.6. The summed E-state index contributed by atoms with van der Waals surface area (Å²) in [5, 5.41) is 20.3. The Bertz CT molecular complexity index is 923. The summed E-state index contributed by atoms with van der Waals surface area (Å²) in [4.78, 5) is 12.4. The average Bonchev–Trinajstić information content (AvgIpc) is 3.36. The summed E-state index contributed by atoms with van der Waals surface area (Å²) in [5.41, 5.74) is 2.18. The van der Waals surface area contributed by atoms with Crippen LogP contribution in [0.2, 0.25) is 0 Å². The van der Waals surface area contributed by atoms with E-state index in [0.717, 1.165) is 17.8 Å². The fourth-order valence-electron chi connectivity index (χ4n) is 2.44. The molecule has 0 bridgehead atoms. The van der Waals surface area contributed by atoms with Gasteiger partial charge in [0.05, 0.1) is 23.6 Å². The molecule has 26 heavy (non-hydrogen) atoms. The second-order valence-corrected chi connectivity index (χ2v) is 6.01. The van der Waals surface area contributed by atoms with Gasteiger partial charge >= 0.3 is 0 Å². The second-order valence-electron chi connectivity index (χ2n) is 6.01. The fraction of sp³-hybridized carbons (Fsp3) is 0.263. The number of hydrogen-bond donors (Lipinski definition) is 1. The number of nitriles is 1. The van der Waals surface area contributed by atoms with Crippen LogP contribution in [0.25, 0.3) is 5.69 Å². The number of para-hydroxylation sites is 1. The monoisotopic (exact) mass is 349 g/mol. The molecule has 7 heteroatoms. The van der Waals surface area contributed by atoms with Crippen LogP contribution in [-0.4, -0.2) is 20.8 Å². The van der Waals surface area contributed by atoms with E-state index < -0.39 is 11.9 Å². The normalized spacial score (nSPS) is 13.0. The van der Waals surface area contributed by atoms with Gasteiger partial charge in [0.2, 0.25) is 5.76 Å². The highest BCUT2D eigenvalue weighted by atomic mass is 16.5. The Balaban J connectivity index is 1.74. The van der Waals surface area contributed by atoms with Crippen molar-refractivity contribution in [1.82, 2.24) is 20.3 Å². The molecule has 2 atom stereocenters. The average molecular weight is 349 g/mol. The van der Waals surface area contributed by atoms with Gasteiger partial charge in [-0.1, -0.05) is 37.2 Å². The lowest BCUT2D eigenvalue weighted by atomic mass is 10.1. The minimum Gasteiger partial charge on any atom is -0.351 e. The first kappa shape index (κ1) is 17.4. The van der Waals surface area contributed by atoms with Crippen LogP contribution < -0.4 is 5.32 Å². The van der Waals surface area contributed by atoms with Gasteiger partial charge in [0.1, 0.15) is 6.04 Å². The zero-order chi connectivity index (χ0) is 18.5. The van der Waals surface area contributed by atoms with E-state index >= 15 is 0 Å². The topological polar surface area (TPSA) is 96.7 Å². The Morgan fingerprint density at radius 2 is 2.15 bits per heavy atom. The van der Waals surface area contributed by atoms with Crippen LogP contribution in [0.3, 0.4) is 0 Å². The van der Waals surface area contributed by atoms with Gasteiger partial charge < -0.3 is 9.84 Å². The molecule has 7 nitrogen and oxygen atoms in total. The lowest BCUT2D eigenvalue weighted by Gasteiger charge is -2.07. The van der Waals surface area contributed by atoms with Crippen molar-refractivity contribution in [3.05, 3.63) is 65.8 Å². The Morgan fingerprint density at radius 1 is 1.38 bits per heavy atom. The van der Waals surface area contributed by atoms with Gasteiger partial charge in [-0.05, 0) is 18.6 Å². The van der Waals surface area contributed by atoms with Crippen LogP contribution >= 0.6 is 0 Å². The van der Waals surface area contributed by atoms with Crippen LogP contribution in [-0.2, 0) is 0 Å². The molecule has 0 saturated carbocycles. The highest BCUT2D eigenvalue weighted by Gasteiger charge is 2.21. The molecule has 1 amide bonds. The molecule has 0 unspecified atom stereocenters. The van der Waals surface area contributed by atoms with Crippen molar-refractivity contribution in [3.8, 4) is 11.8 Å². The standard InChI is InChI=1S/C19H19N5O2/c1-3-13(2)16-9-18(26-23-16)19(25)22-17(10-20)14-11-21-24(12-14)15-7-5-4-6-8-15/h4-9,11-13,17H,3H2,1-2H3,(H,22,25)/t13-,17+/m1/s1. The lowest BCUT2D eigenvalue weighted by molar-refractivity contribution is 0.0908. The van der Waals surface area contributed by atoms with Gasteiger partial charge in [-0.3, -0.25) is 4.79 Å². The van der Waals surface area contributed by atoms with Gasteiger partial charge in [-0.2, -0.15) is 10.4 Å². The highest BCUT2D eigenvalue weighted by Crippen LogP contribution is 2.19. The maximum Gasteiger partial charge on any atom is 0.291 e. The molecule has 0 fully saturated rings. The van der Waals surface area contributed by atoms with Gasteiger partial charge in [-0.15, -0.1) is 0 Å². The van der Waals surface area contributed by atoms with Crippen molar-refractivity contribution >= 4 is 5.91 Å². The molecule has 0 aliphatic heterocycles. The molecular weight excluding hydrogens is 330 g/mol. The highest BCUT2D eigenvalue weighted by molar-refractivity contribution is 5.91. The van der Waals surface area contributed by atoms with E-state index in [-0.39, 0.29) is 11.7 Å². The third-order valence-corrected chi connectivity index (χ3v) is 4.23. The van der Waals surface area contributed by atoms with E-state index in [1.54, 1.807) is 23.1 Å². The molecule has 1 aromatic carbocycles. The van der Waals surface area contributed by atoms with E-state index in [1.165, 1.54) is 0 Å². The first-order chi connectivity index (χ1) is 12.6. The van der Waals surface area contributed by atoms with Crippen molar-refractivity contribution in [3.63, 3.8) is 0 Å². The maximum absolute atomic E-state index is 12.4. The smallest absolute Gasteiger partial charge is 0.291 e. The molecule has 3 rings (SSSR count). The molecule has 0 spiro atoms. The Morgan fingerprint density at radius 3 is 2.85 bits per heavy atom. The number of amides is 1. The SMILES string of the molecule is CC[C@@H](C)c1cc(C(=O)N[C@@H](C#N)c2cnn(-c3ccccc3)c2)on1. The number of aromatic nitrogens is 3. The number of nitrogens with zero attached hydrogens (tertiary/aromatic N) is 4. The molecule has 2 heterocycles. The first-order valence-electron chi connectivity index (χ1n) is 8.39. The molecule has 2 aromatic heterocycles. The molecule has 0 radical (unpaired) electrons. The molecule has 0 aliphatic carbocycles. The Hall–Kier alpha value is -3.40. The summed E-state index contributed by atoms with van der Waals surface area (Å²) in [6.07, 6.45) is 4.17. The van der Waals surface area contributed by atoms with Gasteiger partial charge in [-0.25, -0.2) is 4.68 Å². The van der Waals surface area contributed by atoms with Crippen molar-refractivity contribution in [2.75, 3.05) is 0 Å². The maximum atomic E-state index is 12.4. The summed E-state index contributed by atoms with van der Waals surface area (Å²) in [7, 11) is 0. The summed E-state index contributed by atoms with van der Waals surface area (Å²) in [6.45, 7) is 4.05. The number of rotatable bonds is 6. The quantitative estimate of drug-likeness (QED) is 0.736. The van der Waals surface area contributed by atoms with E-state index in [9.17, 15) is 10.1 Å². The van der Waals surface area contributed by atoms with Gasteiger partial charge in [0.15, 0.2) is 0 Å². The predicted octanol–water partition coefficient (Wildman–Crippen LogP) is 3.37. The van der Waals surface area contributed by atoms with Crippen LogP contribution in [0.15, 0.2) is 53.3 Å². The van der Waals surface area contributed by atoms with Crippen LogP contribution in [0.4, 0.5) is 0 Å². The summed E-state index contributed by atoms with van der Waals surface area (Å²) >= 11 is 0. The largest absolute Gasteiger partial charge is 0.351 e. The van der Waals surface area contributed by atoms with Crippen molar-refractivity contribution in [2.45, 2.75) is 32.2 Å². The van der Waals surface area contributed by atoms with Crippen LogP contribution in [0, 0.1) is 11.3 Å². The van der Waals surface area contributed by atoms with Crippen LogP contribution in [0.1, 0.15) is 54.0 Å². The zero-order valence-electron chi connectivity index (χ0n) is 14.6. The van der Waals surface area contributed by atoms with Gasteiger partial charge in [0, 0.05) is 23.7 Å². The number of hydrogen-bond acceptors (Lipinski definition) is 5. The summed E-state index contributed by atoms with van der Waals surface area (Å²) in [5.74, 6) is -0.182. The molecule has 132 valence electrons. The fourth-order valence-corrected chi connectivity index (χ4v) is 2.44. The molecule has 1 N–H and O–H groups in total. The minimum atomic E-state index is -0.836. The van der Waals surface area contributed by atoms with Gasteiger partial charge in [0.25, 0.3) is 5.91 Å². The minimum absolute atomic E-state index is 0.0935. The van der Waals surface area contributed by atoms with Crippen LogP contribution in [0.5, 0.6) is 0 Å². The van der Waals surface area contributed by atoms with Crippen molar-refractivity contribution in [1.29, 1.82) is 5.26 Å². The number of benzene rings is 1. The molecule has 0 saturated heterocycles. The van der Waals surface area contributed by atoms with E-state index in [1.807, 2.05) is 44.2 Å². The third-order valence-electron chi connectivity index (χ3n) is 4.23. The number of nitrogens with one attached hydrogen (secondary N) is 1.